The van der Waals surface area contributed by atoms with Gasteiger partial charge < -0.3 is 4.52 Å². The van der Waals surface area contributed by atoms with Gasteiger partial charge in [-0.25, -0.2) is 8.42 Å². The third kappa shape index (κ3) is 3.50. The van der Waals surface area contributed by atoms with Crippen LogP contribution in [0.1, 0.15) is 37.3 Å². The molecule has 0 amide bonds. The average molecular weight is 252 g/mol. The van der Waals surface area contributed by atoms with Crippen LogP contribution in [0.4, 0.5) is 0 Å². The summed E-state index contributed by atoms with van der Waals surface area (Å²) in [6, 6.07) is 0. The minimum Gasteiger partial charge on any atom is -0.361 e. The summed E-state index contributed by atoms with van der Waals surface area (Å²) in [5, 5.41) is 3.75. The fourth-order valence-corrected chi connectivity index (χ4v) is 2.35. The van der Waals surface area contributed by atoms with Gasteiger partial charge in [-0.1, -0.05) is 19.0 Å². The highest BCUT2D eigenvalue weighted by Crippen LogP contribution is 2.20. The summed E-state index contributed by atoms with van der Waals surface area (Å²) in [6.07, 6.45) is 2.42. The molecule has 0 atom stereocenters. The van der Waals surface area contributed by atoms with Gasteiger partial charge in [0.1, 0.15) is 17.2 Å². The molecule has 0 unspecified atom stereocenters. The van der Waals surface area contributed by atoms with Crippen molar-refractivity contribution in [2.45, 2.75) is 38.9 Å². The number of halogens is 1. The van der Waals surface area contributed by atoms with Crippen LogP contribution in [-0.2, 0) is 27.6 Å². The van der Waals surface area contributed by atoms with E-state index in [1.165, 1.54) is 0 Å². The van der Waals surface area contributed by atoms with E-state index >= 15 is 0 Å². The molecule has 1 heterocycles. The second kappa shape index (κ2) is 4.99. The fourth-order valence-electron chi connectivity index (χ4n) is 1.48. The van der Waals surface area contributed by atoms with Crippen molar-refractivity contribution in [1.29, 1.82) is 0 Å². The number of aromatic nitrogens is 1. The maximum atomic E-state index is 10.9. The largest absolute Gasteiger partial charge is 0.361 e. The molecule has 0 aliphatic heterocycles. The molecule has 6 heteroatoms. The van der Waals surface area contributed by atoms with Gasteiger partial charge in [-0.15, -0.1) is 0 Å². The van der Waals surface area contributed by atoms with E-state index in [1.807, 2.05) is 13.8 Å². The molecule has 86 valence electrons. The van der Waals surface area contributed by atoms with Gasteiger partial charge in [-0.3, -0.25) is 0 Å². The Morgan fingerprint density at radius 2 is 2.07 bits per heavy atom. The molecular formula is C9H14ClNO3S. The van der Waals surface area contributed by atoms with E-state index in [2.05, 4.69) is 5.16 Å². The highest BCUT2D eigenvalue weighted by atomic mass is 35.7. The van der Waals surface area contributed by atoms with Crippen molar-refractivity contribution in [1.82, 2.24) is 5.16 Å². The van der Waals surface area contributed by atoms with Gasteiger partial charge in [0.25, 0.3) is 0 Å². The fraction of sp³-hybridized carbons (Fsp3) is 0.667. The monoisotopic (exact) mass is 251 g/mol. The van der Waals surface area contributed by atoms with Crippen LogP contribution in [0.2, 0.25) is 0 Å². The molecular weight excluding hydrogens is 238 g/mol. The number of rotatable bonds is 5. The molecule has 0 saturated heterocycles. The summed E-state index contributed by atoms with van der Waals surface area (Å²) in [4.78, 5) is 0. The van der Waals surface area contributed by atoms with Gasteiger partial charge >= 0.3 is 0 Å². The van der Waals surface area contributed by atoms with Crippen molar-refractivity contribution in [3.05, 3.63) is 17.0 Å². The van der Waals surface area contributed by atoms with Crippen LogP contribution in [0.5, 0.6) is 0 Å². The van der Waals surface area contributed by atoms with Gasteiger partial charge in [0.2, 0.25) is 9.05 Å². The number of hydrogen-bond donors (Lipinski definition) is 0. The first-order valence-corrected chi connectivity index (χ1v) is 7.34. The van der Waals surface area contributed by atoms with Crippen LogP contribution < -0.4 is 0 Å². The lowest BCUT2D eigenvalue weighted by Gasteiger charge is -1.97. The second-order valence-electron chi connectivity index (χ2n) is 3.32. The zero-order valence-corrected chi connectivity index (χ0v) is 10.4. The molecule has 0 spiro atoms. The molecule has 0 bridgehead atoms. The van der Waals surface area contributed by atoms with Crippen LogP contribution in [0, 0.1) is 0 Å². The molecule has 4 nitrogen and oxygen atoms in total. The Labute approximate surface area is 94.0 Å². The molecule has 1 aromatic heterocycles. The van der Waals surface area contributed by atoms with Gasteiger partial charge in [0.15, 0.2) is 0 Å². The molecule has 0 aliphatic carbocycles. The summed E-state index contributed by atoms with van der Waals surface area (Å²) in [5.41, 5.74) is 1.32. The lowest BCUT2D eigenvalue weighted by atomic mass is 10.1. The van der Waals surface area contributed by atoms with Gasteiger partial charge in [0, 0.05) is 22.7 Å². The SMILES string of the molecule is CCCc1onc(CS(=O)(=O)Cl)c1CC. The Kier molecular flexibility index (Phi) is 4.16. The Bertz CT molecular complexity index is 425. The third-order valence-electron chi connectivity index (χ3n) is 2.09. The average Bonchev–Trinajstić information content (AvgIpc) is 2.45. The molecule has 0 fully saturated rings. The zero-order chi connectivity index (χ0) is 11.5. The summed E-state index contributed by atoms with van der Waals surface area (Å²) in [5.74, 6) is 0.514. The molecule has 1 rings (SSSR count). The lowest BCUT2D eigenvalue weighted by Crippen LogP contribution is -1.99. The zero-order valence-electron chi connectivity index (χ0n) is 8.79. The lowest BCUT2D eigenvalue weighted by molar-refractivity contribution is 0.376. The quantitative estimate of drug-likeness (QED) is 0.753. The molecule has 0 aromatic carbocycles. The molecule has 0 saturated carbocycles. The van der Waals surface area contributed by atoms with E-state index in [1.54, 1.807) is 0 Å². The predicted octanol–water partition coefficient (Wildman–Crippen LogP) is 2.26. The highest BCUT2D eigenvalue weighted by molar-refractivity contribution is 8.13. The molecule has 0 N–H and O–H groups in total. The first kappa shape index (κ1) is 12.5. The predicted molar refractivity (Wildman–Crippen MR) is 58.4 cm³/mol. The van der Waals surface area contributed by atoms with Gasteiger partial charge in [-0.05, 0) is 12.8 Å². The summed E-state index contributed by atoms with van der Waals surface area (Å²) in [7, 11) is 1.61. The maximum Gasteiger partial charge on any atom is 0.238 e. The second-order valence-corrected chi connectivity index (χ2v) is 6.09. The van der Waals surface area contributed by atoms with Crippen molar-refractivity contribution in [3.63, 3.8) is 0 Å². The minimum absolute atomic E-state index is 0.259. The Morgan fingerprint density at radius 3 is 2.53 bits per heavy atom. The van der Waals surface area contributed by atoms with Gasteiger partial charge in [0.05, 0.1) is 0 Å². The summed E-state index contributed by atoms with van der Waals surface area (Å²) >= 11 is 0. The van der Waals surface area contributed by atoms with Gasteiger partial charge in [-0.2, -0.15) is 0 Å². The van der Waals surface area contributed by atoms with Crippen molar-refractivity contribution < 1.29 is 12.9 Å². The van der Waals surface area contributed by atoms with E-state index in [4.69, 9.17) is 15.2 Å². The number of hydrogen-bond acceptors (Lipinski definition) is 4. The van der Waals surface area contributed by atoms with Crippen molar-refractivity contribution >= 4 is 19.7 Å². The van der Waals surface area contributed by atoms with E-state index in [0.717, 1.165) is 24.2 Å². The van der Waals surface area contributed by atoms with E-state index in [-0.39, 0.29) is 5.75 Å². The smallest absolute Gasteiger partial charge is 0.238 e. The van der Waals surface area contributed by atoms with Crippen LogP contribution in [0.15, 0.2) is 4.52 Å². The van der Waals surface area contributed by atoms with Crippen LogP contribution in [0.3, 0.4) is 0 Å². The Hall–Kier alpha value is -0.550. The standard InChI is InChI=1S/C9H14ClNO3S/c1-3-5-9-7(4-2)8(11-14-9)6-15(10,12)13/h3-6H2,1-2H3. The Balaban J connectivity index is 2.99. The van der Waals surface area contributed by atoms with Crippen molar-refractivity contribution in [2.24, 2.45) is 0 Å². The normalized spacial score (nSPS) is 11.9. The Morgan fingerprint density at radius 1 is 1.40 bits per heavy atom. The maximum absolute atomic E-state index is 10.9. The van der Waals surface area contributed by atoms with Crippen LogP contribution in [0.25, 0.3) is 0 Å². The summed E-state index contributed by atoms with van der Waals surface area (Å²) in [6.45, 7) is 3.97. The van der Waals surface area contributed by atoms with Crippen LogP contribution in [-0.4, -0.2) is 13.6 Å². The molecule has 0 radical (unpaired) electrons. The summed E-state index contributed by atoms with van der Waals surface area (Å²) < 4.78 is 26.9. The van der Waals surface area contributed by atoms with E-state index < -0.39 is 9.05 Å². The molecule has 0 aliphatic rings. The number of aryl methyl sites for hydroxylation is 1. The first-order chi connectivity index (χ1) is 6.98. The highest BCUT2D eigenvalue weighted by Gasteiger charge is 2.18. The van der Waals surface area contributed by atoms with E-state index in [0.29, 0.717) is 12.1 Å². The topological polar surface area (TPSA) is 60.2 Å². The minimum atomic E-state index is -3.56. The molecule has 15 heavy (non-hydrogen) atoms. The third-order valence-corrected chi connectivity index (χ3v) is 3.04. The van der Waals surface area contributed by atoms with Crippen molar-refractivity contribution in [2.75, 3.05) is 0 Å². The first-order valence-electron chi connectivity index (χ1n) is 4.86. The van der Waals surface area contributed by atoms with E-state index in [9.17, 15) is 8.42 Å². The number of nitrogens with zero attached hydrogens (tertiary/aromatic N) is 1. The molecule has 1 aromatic rings. The van der Waals surface area contributed by atoms with Crippen molar-refractivity contribution in [3.8, 4) is 0 Å². The van der Waals surface area contributed by atoms with Crippen LogP contribution >= 0.6 is 10.7 Å².